The number of anilines is 1. The Morgan fingerprint density at radius 2 is 2.19 bits per heavy atom. The van der Waals surface area contributed by atoms with Gasteiger partial charge in [0, 0.05) is 18.3 Å². The van der Waals surface area contributed by atoms with Gasteiger partial charge < -0.3 is 15.4 Å². The third-order valence-corrected chi connectivity index (χ3v) is 5.93. The van der Waals surface area contributed by atoms with E-state index in [0.29, 0.717) is 24.1 Å². The van der Waals surface area contributed by atoms with Crippen LogP contribution in [0.25, 0.3) is 0 Å². The van der Waals surface area contributed by atoms with Gasteiger partial charge in [0.1, 0.15) is 5.75 Å². The predicted molar refractivity (Wildman–Crippen MR) is 101 cm³/mol. The highest BCUT2D eigenvalue weighted by Crippen LogP contribution is 2.59. The molecule has 7 heteroatoms. The minimum atomic E-state index is -0.410. The molecule has 0 saturated heterocycles. The quantitative estimate of drug-likeness (QED) is 0.804. The first-order valence-electron chi connectivity index (χ1n) is 9.23. The van der Waals surface area contributed by atoms with Gasteiger partial charge in [0.25, 0.3) is 5.91 Å². The molecule has 1 aliphatic heterocycles. The number of carbonyl (C=O) groups is 2. The minimum Gasteiger partial charge on any atom is -0.491 e. The second-order valence-electron chi connectivity index (χ2n) is 7.85. The number of nitrogens with two attached hydrogens (primary N) is 1. The fraction of sp³-hybridized carbons (Fsp3) is 0.450. The molecule has 2 amide bonds. The van der Waals surface area contributed by atoms with Gasteiger partial charge in [0.05, 0.1) is 18.7 Å². The highest BCUT2D eigenvalue weighted by atomic mass is 16.5. The van der Waals surface area contributed by atoms with E-state index in [-0.39, 0.29) is 5.91 Å². The lowest BCUT2D eigenvalue weighted by Crippen LogP contribution is -2.24. The Kier molecular flexibility index (Phi) is 4.17. The number of hydrogen-bond acceptors (Lipinski definition) is 4. The topological polar surface area (TPSA) is 101 Å². The molecule has 142 valence electrons. The highest BCUT2D eigenvalue weighted by Gasteiger charge is 2.53. The zero-order valence-electron chi connectivity index (χ0n) is 15.6. The molecule has 1 aromatic heterocycles. The molecule has 2 aromatic rings. The molecule has 0 bridgehead atoms. The average molecular weight is 368 g/mol. The number of hydrogen-bond donors (Lipinski definition) is 2. The number of rotatable bonds is 1. The summed E-state index contributed by atoms with van der Waals surface area (Å²) in [5, 5.41) is 6.92. The zero-order valence-corrected chi connectivity index (χ0v) is 15.6. The van der Waals surface area contributed by atoms with Gasteiger partial charge in [-0.05, 0) is 42.7 Å². The summed E-state index contributed by atoms with van der Waals surface area (Å²) in [6.07, 6.45) is 3.72. The lowest BCUT2D eigenvalue weighted by Gasteiger charge is -2.17. The normalized spacial score (nSPS) is 25.0. The van der Waals surface area contributed by atoms with Crippen molar-refractivity contribution < 1.29 is 14.3 Å². The number of amides is 2. The predicted octanol–water partition coefficient (Wildman–Crippen LogP) is 2.07. The first-order valence-corrected chi connectivity index (χ1v) is 9.23. The van der Waals surface area contributed by atoms with Crippen molar-refractivity contribution in [2.45, 2.75) is 32.6 Å². The van der Waals surface area contributed by atoms with Crippen LogP contribution in [0.4, 0.5) is 5.69 Å². The number of carbonyl (C=O) groups excluding carboxylic acids is 2. The number of nitrogens with one attached hydrogen (secondary N) is 1. The number of para-hydroxylation sites is 2. The Labute approximate surface area is 157 Å². The second kappa shape index (κ2) is 6.40. The Hall–Kier alpha value is -2.83. The summed E-state index contributed by atoms with van der Waals surface area (Å²) in [6.45, 7) is 2.77. The van der Waals surface area contributed by atoms with Gasteiger partial charge in [-0.15, -0.1) is 0 Å². The molecule has 0 radical (unpaired) electrons. The molecular formula is C20H24N4O3. The van der Waals surface area contributed by atoms with E-state index >= 15 is 0 Å². The van der Waals surface area contributed by atoms with Gasteiger partial charge in [0.2, 0.25) is 5.91 Å². The van der Waals surface area contributed by atoms with Gasteiger partial charge in [-0.25, -0.2) is 0 Å². The van der Waals surface area contributed by atoms with Crippen molar-refractivity contribution in [3.05, 3.63) is 41.2 Å². The molecular weight excluding hydrogens is 344 g/mol. The molecule has 1 aromatic carbocycles. The second-order valence-corrected chi connectivity index (χ2v) is 7.85. The molecule has 3 aliphatic rings. The molecule has 7 nitrogen and oxygen atoms in total. The number of primary amides is 1. The lowest BCUT2D eigenvalue weighted by molar-refractivity contribution is -0.118. The summed E-state index contributed by atoms with van der Waals surface area (Å²) < 4.78 is 5.43. The SMILES string of the molecule is CC12Cc3[nH]nc(C(N)=O)c3CC1C2.CN1C(=O)CCOc2ccccc21. The Morgan fingerprint density at radius 3 is 2.96 bits per heavy atom. The minimum absolute atomic E-state index is 0.102. The Balaban J connectivity index is 0.000000134. The number of nitrogens with zero attached hydrogens (tertiary/aromatic N) is 2. The van der Waals surface area contributed by atoms with E-state index in [2.05, 4.69) is 17.1 Å². The molecule has 2 atom stereocenters. The smallest absolute Gasteiger partial charge is 0.269 e. The van der Waals surface area contributed by atoms with Crippen LogP contribution in [0.2, 0.25) is 0 Å². The molecule has 1 fully saturated rings. The third kappa shape index (κ3) is 3.18. The monoisotopic (exact) mass is 368 g/mol. The number of fused-ring (bicyclic) bond motifs is 3. The summed E-state index contributed by atoms with van der Waals surface area (Å²) in [5.74, 6) is 1.22. The maximum absolute atomic E-state index is 11.4. The molecule has 27 heavy (non-hydrogen) atoms. The summed E-state index contributed by atoms with van der Waals surface area (Å²) in [6, 6.07) is 7.57. The number of aromatic nitrogens is 2. The van der Waals surface area contributed by atoms with Gasteiger partial charge in [-0.3, -0.25) is 14.7 Å². The molecule has 5 rings (SSSR count). The van der Waals surface area contributed by atoms with Gasteiger partial charge in [-0.1, -0.05) is 19.1 Å². The van der Waals surface area contributed by atoms with Crippen LogP contribution in [0.5, 0.6) is 5.75 Å². The van der Waals surface area contributed by atoms with Crippen molar-refractivity contribution in [3.8, 4) is 5.75 Å². The molecule has 1 saturated carbocycles. The van der Waals surface area contributed by atoms with Crippen molar-refractivity contribution in [1.29, 1.82) is 0 Å². The van der Waals surface area contributed by atoms with Crippen molar-refractivity contribution in [3.63, 3.8) is 0 Å². The fourth-order valence-electron chi connectivity index (χ4n) is 4.07. The van der Waals surface area contributed by atoms with E-state index in [1.807, 2.05) is 24.3 Å². The molecule has 0 spiro atoms. The van der Waals surface area contributed by atoms with Crippen LogP contribution in [0.15, 0.2) is 24.3 Å². The number of ether oxygens (including phenoxy) is 1. The van der Waals surface area contributed by atoms with Crippen LogP contribution in [0, 0.1) is 11.3 Å². The van der Waals surface area contributed by atoms with E-state index in [9.17, 15) is 9.59 Å². The largest absolute Gasteiger partial charge is 0.491 e. The van der Waals surface area contributed by atoms with E-state index in [1.54, 1.807) is 11.9 Å². The van der Waals surface area contributed by atoms with Gasteiger partial charge in [-0.2, -0.15) is 5.10 Å². The van der Waals surface area contributed by atoms with Crippen LogP contribution >= 0.6 is 0 Å². The van der Waals surface area contributed by atoms with Crippen LogP contribution in [-0.4, -0.2) is 35.7 Å². The van der Waals surface area contributed by atoms with Crippen molar-refractivity contribution in [2.24, 2.45) is 17.1 Å². The van der Waals surface area contributed by atoms with Crippen molar-refractivity contribution in [2.75, 3.05) is 18.6 Å². The van der Waals surface area contributed by atoms with Gasteiger partial charge >= 0.3 is 0 Å². The molecule has 2 unspecified atom stereocenters. The molecule has 3 N–H and O–H groups in total. The van der Waals surface area contributed by atoms with Crippen LogP contribution in [-0.2, 0) is 17.6 Å². The highest BCUT2D eigenvalue weighted by molar-refractivity contribution is 5.95. The Morgan fingerprint density at radius 1 is 1.41 bits per heavy atom. The standard InChI is InChI=1S/C10H13N3O.C10H11NO2/c1-10-3-5(10)2-6-7(4-10)12-13-8(6)9(11)14;1-11-8-4-2-3-5-9(8)13-7-6-10(11)12/h5H,2-4H2,1H3,(H2,11,14)(H,12,13);2-5H,6-7H2,1H3. The summed E-state index contributed by atoms with van der Waals surface area (Å²) >= 11 is 0. The zero-order chi connectivity index (χ0) is 19.2. The van der Waals surface area contributed by atoms with E-state index < -0.39 is 5.91 Å². The summed E-state index contributed by atoms with van der Waals surface area (Å²) in [5.41, 5.74) is 9.21. The third-order valence-electron chi connectivity index (χ3n) is 5.93. The summed E-state index contributed by atoms with van der Waals surface area (Å²) in [7, 11) is 1.77. The number of H-pyrrole nitrogens is 1. The molecule has 2 aliphatic carbocycles. The summed E-state index contributed by atoms with van der Waals surface area (Å²) in [4.78, 5) is 24.1. The Bertz CT molecular complexity index is 906. The van der Waals surface area contributed by atoms with E-state index in [4.69, 9.17) is 10.5 Å². The maximum Gasteiger partial charge on any atom is 0.269 e. The van der Waals surface area contributed by atoms with E-state index in [1.165, 1.54) is 6.42 Å². The van der Waals surface area contributed by atoms with E-state index in [0.717, 1.165) is 41.5 Å². The lowest BCUT2D eigenvalue weighted by atomic mass is 9.88. The first kappa shape index (κ1) is 17.6. The number of benzene rings is 1. The van der Waals surface area contributed by atoms with Crippen molar-refractivity contribution in [1.82, 2.24) is 10.2 Å². The van der Waals surface area contributed by atoms with Crippen LogP contribution in [0.3, 0.4) is 0 Å². The maximum atomic E-state index is 11.4. The average Bonchev–Trinajstić information content (AvgIpc) is 3.18. The van der Waals surface area contributed by atoms with Crippen molar-refractivity contribution >= 4 is 17.5 Å². The fourth-order valence-corrected chi connectivity index (χ4v) is 4.07. The van der Waals surface area contributed by atoms with Crippen LogP contribution in [0.1, 0.15) is 41.5 Å². The number of aromatic amines is 1. The van der Waals surface area contributed by atoms with Gasteiger partial charge in [0.15, 0.2) is 5.69 Å². The first-order chi connectivity index (χ1) is 12.9. The molecule has 2 heterocycles. The van der Waals surface area contributed by atoms with Crippen LogP contribution < -0.4 is 15.4 Å².